The molecular formula is C17H20BrNO2. The average Bonchev–Trinajstić information content (AvgIpc) is 2.50. The molecule has 0 saturated heterocycles. The van der Waals surface area contributed by atoms with Gasteiger partial charge < -0.3 is 15.2 Å². The predicted octanol–water partition coefficient (Wildman–Crippen LogP) is 4.53. The van der Waals surface area contributed by atoms with Gasteiger partial charge in [-0.05, 0) is 58.6 Å². The van der Waals surface area contributed by atoms with Gasteiger partial charge in [0.1, 0.15) is 5.75 Å². The Morgan fingerprint density at radius 1 is 1.10 bits per heavy atom. The first kappa shape index (κ1) is 15.9. The zero-order chi connectivity index (χ0) is 15.2. The fourth-order valence-electron chi connectivity index (χ4n) is 2.02. The van der Waals surface area contributed by atoms with Crippen LogP contribution in [0, 0.1) is 0 Å². The summed E-state index contributed by atoms with van der Waals surface area (Å²) in [6.07, 6.45) is 1.83. The van der Waals surface area contributed by atoms with E-state index in [1.165, 1.54) is 5.56 Å². The highest BCUT2D eigenvalue weighted by molar-refractivity contribution is 9.10. The maximum Gasteiger partial charge on any atom is 0.169 e. The Labute approximate surface area is 134 Å². The first-order valence-electron chi connectivity index (χ1n) is 6.99. The highest BCUT2D eigenvalue weighted by atomic mass is 79.9. The third-order valence-corrected chi connectivity index (χ3v) is 3.93. The Morgan fingerprint density at radius 3 is 2.43 bits per heavy atom. The first-order valence-corrected chi connectivity index (χ1v) is 7.78. The van der Waals surface area contributed by atoms with E-state index >= 15 is 0 Å². The van der Waals surface area contributed by atoms with Gasteiger partial charge in [0.05, 0.1) is 11.6 Å². The lowest BCUT2D eigenvalue weighted by atomic mass is 10.0. The van der Waals surface area contributed by atoms with Crippen LogP contribution in [-0.4, -0.2) is 13.2 Å². The highest BCUT2D eigenvalue weighted by Crippen LogP contribution is 2.35. The fourth-order valence-corrected chi connectivity index (χ4v) is 2.53. The molecule has 0 fully saturated rings. The van der Waals surface area contributed by atoms with E-state index in [0.29, 0.717) is 11.5 Å². The smallest absolute Gasteiger partial charge is 0.169 e. The van der Waals surface area contributed by atoms with E-state index in [1.807, 2.05) is 36.4 Å². The number of rotatable bonds is 6. The van der Waals surface area contributed by atoms with E-state index in [-0.39, 0.29) is 6.04 Å². The number of methoxy groups -OCH3 is 1. The summed E-state index contributed by atoms with van der Waals surface area (Å²) >= 11 is 3.56. The molecule has 3 nitrogen and oxygen atoms in total. The van der Waals surface area contributed by atoms with Gasteiger partial charge in [-0.15, -0.1) is 0 Å². The topological polar surface area (TPSA) is 44.5 Å². The Balaban J connectivity index is 2.17. The van der Waals surface area contributed by atoms with Crippen molar-refractivity contribution in [3.63, 3.8) is 0 Å². The molecule has 0 aromatic heterocycles. The zero-order valence-electron chi connectivity index (χ0n) is 12.3. The molecule has 2 aromatic rings. The summed E-state index contributed by atoms with van der Waals surface area (Å²) in [5.74, 6) is 2.16. The molecule has 112 valence electrons. The van der Waals surface area contributed by atoms with Gasteiger partial charge in [0.2, 0.25) is 0 Å². The van der Waals surface area contributed by atoms with Crippen molar-refractivity contribution in [1.29, 1.82) is 0 Å². The van der Waals surface area contributed by atoms with Gasteiger partial charge in [-0.1, -0.05) is 25.1 Å². The number of ether oxygens (including phenoxy) is 2. The molecule has 1 atom stereocenters. The standard InChI is InChI=1S/C17H20BrNO2/c1-3-13(19)10-12-8-9-15(14(18)11-12)21-17-7-5-4-6-16(17)20-2/h4-9,11,13H,3,10,19H2,1-2H3. The van der Waals surface area contributed by atoms with E-state index in [0.717, 1.165) is 23.1 Å². The lowest BCUT2D eigenvalue weighted by Crippen LogP contribution is -2.21. The Hall–Kier alpha value is -1.52. The van der Waals surface area contributed by atoms with Gasteiger partial charge in [0.25, 0.3) is 0 Å². The third-order valence-electron chi connectivity index (χ3n) is 3.31. The molecule has 0 spiro atoms. The van der Waals surface area contributed by atoms with Gasteiger partial charge >= 0.3 is 0 Å². The Morgan fingerprint density at radius 2 is 1.81 bits per heavy atom. The summed E-state index contributed by atoms with van der Waals surface area (Å²) < 4.78 is 12.1. The molecule has 0 saturated carbocycles. The van der Waals surface area contributed by atoms with E-state index in [1.54, 1.807) is 7.11 Å². The van der Waals surface area contributed by atoms with Gasteiger partial charge in [0.15, 0.2) is 11.5 Å². The molecule has 21 heavy (non-hydrogen) atoms. The molecule has 0 aliphatic carbocycles. The van der Waals surface area contributed by atoms with Crippen molar-refractivity contribution in [3.05, 3.63) is 52.5 Å². The molecule has 0 amide bonds. The molecular weight excluding hydrogens is 330 g/mol. The van der Waals surface area contributed by atoms with Crippen LogP contribution in [0.2, 0.25) is 0 Å². The summed E-state index contributed by atoms with van der Waals surface area (Å²) in [6, 6.07) is 13.8. The molecule has 0 heterocycles. The van der Waals surface area contributed by atoms with E-state index < -0.39 is 0 Å². The van der Waals surface area contributed by atoms with E-state index in [4.69, 9.17) is 15.2 Å². The number of hydrogen-bond donors (Lipinski definition) is 1. The minimum Gasteiger partial charge on any atom is -0.493 e. The summed E-state index contributed by atoms with van der Waals surface area (Å²) in [5.41, 5.74) is 7.19. The maximum absolute atomic E-state index is 5.99. The van der Waals surface area contributed by atoms with Crippen LogP contribution in [0.1, 0.15) is 18.9 Å². The first-order chi connectivity index (χ1) is 10.1. The van der Waals surface area contributed by atoms with Crippen LogP contribution in [0.25, 0.3) is 0 Å². The minimum absolute atomic E-state index is 0.192. The largest absolute Gasteiger partial charge is 0.493 e. The van der Waals surface area contributed by atoms with Gasteiger partial charge in [-0.2, -0.15) is 0 Å². The van der Waals surface area contributed by atoms with Crippen molar-refractivity contribution in [2.75, 3.05) is 7.11 Å². The lowest BCUT2D eigenvalue weighted by Gasteiger charge is -2.13. The van der Waals surface area contributed by atoms with Crippen LogP contribution in [0.4, 0.5) is 0 Å². The zero-order valence-corrected chi connectivity index (χ0v) is 13.9. The molecule has 0 aliphatic heterocycles. The fraction of sp³-hybridized carbons (Fsp3) is 0.294. The molecule has 0 bridgehead atoms. The number of hydrogen-bond acceptors (Lipinski definition) is 3. The highest BCUT2D eigenvalue weighted by Gasteiger charge is 2.09. The van der Waals surface area contributed by atoms with Crippen LogP contribution < -0.4 is 15.2 Å². The Kier molecular flexibility index (Phi) is 5.65. The number of nitrogens with two attached hydrogens (primary N) is 1. The van der Waals surface area contributed by atoms with Gasteiger partial charge in [0, 0.05) is 6.04 Å². The van der Waals surface area contributed by atoms with Gasteiger partial charge in [-0.25, -0.2) is 0 Å². The normalized spacial score (nSPS) is 12.0. The summed E-state index contributed by atoms with van der Waals surface area (Å²) in [4.78, 5) is 0. The second-order valence-corrected chi connectivity index (χ2v) is 5.74. The van der Waals surface area contributed by atoms with Crippen LogP contribution in [0.5, 0.6) is 17.2 Å². The molecule has 4 heteroatoms. The third kappa shape index (κ3) is 4.22. The van der Waals surface area contributed by atoms with Crippen LogP contribution >= 0.6 is 15.9 Å². The molecule has 2 N–H and O–H groups in total. The summed E-state index contributed by atoms with van der Waals surface area (Å²) in [7, 11) is 1.63. The van der Waals surface area contributed by atoms with Crippen molar-refractivity contribution < 1.29 is 9.47 Å². The van der Waals surface area contributed by atoms with Crippen LogP contribution in [0.3, 0.4) is 0 Å². The van der Waals surface area contributed by atoms with Gasteiger partial charge in [-0.3, -0.25) is 0 Å². The summed E-state index contributed by atoms with van der Waals surface area (Å²) in [5, 5.41) is 0. The predicted molar refractivity (Wildman–Crippen MR) is 89.2 cm³/mol. The quantitative estimate of drug-likeness (QED) is 0.833. The SMILES string of the molecule is CCC(N)Cc1ccc(Oc2ccccc2OC)c(Br)c1. The second kappa shape index (κ2) is 7.48. The molecule has 0 aliphatic rings. The van der Waals surface area contributed by atoms with Crippen molar-refractivity contribution >= 4 is 15.9 Å². The van der Waals surface area contributed by atoms with Crippen molar-refractivity contribution in [3.8, 4) is 17.2 Å². The molecule has 0 radical (unpaired) electrons. The maximum atomic E-state index is 5.99. The average molecular weight is 350 g/mol. The second-order valence-electron chi connectivity index (χ2n) is 4.89. The van der Waals surface area contributed by atoms with Crippen molar-refractivity contribution in [2.45, 2.75) is 25.8 Å². The lowest BCUT2D eigenvalue weighted by molar-refractivity contribution is 0.378. The molecule has 1 unspecified atom stereocenters. The number of halogens is 1. The molecule has 2 aromatic carbocycles. The van der Waals surface area contributed by atoms with Crippen LogP contribution in [0.15, 0.2) is 46.9 Å². The minimum atomic E-state index is 0.192. The summed E-state index contributed by atoms with van der Waals surface area (Å²) in [6.45, 7) is 2.10. The monoisotopic (exact) mass is 349 g/mol. The van der Waals surface area contributed by atoms with Crippen molar-refractivity contribution in [2.24, 2.45) is 5.73 Å². The Bertz CT molecular complexity index is 601. The molecule has 2 rings (SSSR count). The van der Waals surface area contributed by atoms with Crippen LogP contribution in [-0.2, 0) is 6.42 Å². The number of para-hydroxylation sites is 2. The van der Waals surface area contributed by atoms with Crippen molar-refractivity contribution in [1.82, 2.24) is 0 Å². The van der Waals surface area contributed by atoms with E-state index in [2.05, 4.69) is 28.9 Å². The number of benzene rings is 2. The van der Waals surface area contributed by atoms with E-state index in [9.17, 15) is 0 Å².